The molecule has 120 valence electrons. The van der Waals surface area contributed by atoms with Crippen molar-refractivity contribution in [1.29, 1.82) is 0 Å². The second-order valence-electron chi connectivity index (χ2n) is 6.01. The van der Waals surface area contributed by atoms with Gasteiger partial charge in [0.2, 0.25) is 0 Å². The molecule has 2 amide bonds. The molecule has 0 saturated heterocycles. The van der Waals surface area contributed by atoms with Crippen molar-refractivity contribution in [2.45, 2.75) is 46.7 Å². The predicted molar refractivity (Wildman–Crippen MR) is 85.3 cm³/mol. The zero-order valence-corrected chi connectivity index (χ0v) is 14.2. The van der Waals surface area contributed by atoms with Crippen LogP contribution in [0.4, 0.5) is 4.79 Å². The van der Waals surface area contributed by atoms with E-state index in [9.17, 15) is 4.79 Å². The van der Waals surface area contributed by atoms with Crippen LogP contribution in [0.25, 0.3) is 0 Å². The normalized spacial score (nSPS) is 11.8. The Morgan fingerprint density at radius 1 is 1.29 bits per heavy atom. The highest BCUT2D eigenvalue weighted by atomic mass is 16.3. The van der Waals surface area contributed by atoms with Crippen molar-refractivity contribution >= 4 is 6.03 Å². The molecule has 21 heavy (non-hydrogen) atoms. The molecule has 0 atom stereocenters. The van der Waals surface area contributed by atoms with Crippen LogP contribution in [0.2, 0.25) is 0 Å². The first-order chi connectivity index (χ1) is 9.80. The molecule has 0 fully saturated rings. The van der Waals surface area contributed by atoms with E-state index in [0.717, 1.165) is 18.1 Å². The van der Waals surface area contributed by atoms with Crippen molar-refractivity contribution in [3.05, 3.63) is 23.7 Å². The minimum atomic E-state index is -0.0644. The Hall–Kier alpha value is -1.49. The van der Waals surface area contributed by atoms with Gasteiger partial charge in [0.15, 0.2) is 0 Å². The minimum absolute atomic E-state index is 0.0517. The van der Waals surface area contributed by atoms with Crippen LogP contribution in [0.1, 0.15) is 39.2 Å². The topological polar surface area (TPSA) is 48.7 Å². The molecule has 1 aromatic heterocycles. The number of rotatable bonds is 7. The van der Waals surface area contributed by atoms with Crippen molar-refractivity contribution in [2.75, 3.05) is 26.7 Å². The molecule has 0 radical (unpaired) electrons. The van der Waals surface area contributed by atoms with Crippen molar-refractivity contribution in [3.8, 4) is 0 Å². The molecule has 0 bridgehead atoms. The SMILES string of the molecule is CCN(Cc1ccc(C)o1)C(=O)NCC(C)(C)N(C)CC. The van der Waals surface area contributed by atoms with Gasteiger partial charge in [-0.05, 0) is 53.4 Å². The first-order valence-corrected chi connectivity index (χ1v) is 7.59. The second-order valence-corrected chi connectivity index (χ2v) is 6.01. The summed E-state index contributed by atoms with van der Waals surface area (Å²) in [5.74, 6) is 1.68. The smallest absolute Gasteiger partial charge is 0.317 e. The second kappa shape index (κ2) is 7.50. The van der Waals surface area contributed by atoms with Crippen molar-refractivity contribution in [1.82, 2.24) is 15.1 Å². The molecule has 1 N–H and O–H groups in total. The molecule has 1 aromatic rings. The van der Waals surface area contributed by atoms with Gasteiger partial charge in [0.05, 0.1) is 6.54 Å². The molecule has 0 saturated carbocycles. The number of nitrogens with zero attached hydrogens (tertiary/aromatic N) is 2. The Morgan fingerprint density at radius 3 is 2.43 bits per heavy atom. The first-order valence-electron chi connectivity index (χ1n) is 7.59. The van der Waals surface area contributed by atoms with E-state index in [1.54, 1.807) is 4.90 Å². The lowest BCUT2D eigenvalue weighted by atomic mass is 10.0. The predicted octanol–water partition coefficient (Wildman–Crippen LogP) is 2.85. The van der Waals surface area contributed by atoms with Crippen LogP contribution in [-0.2, 0) is 6.54 Å². The number of hydrogen-bond donors (Lipinski definition) is 1. The van der Waals surface area contributed by atoms with Gasteiger partial charge in [-0.25, -0.2) is 4.79 Å². The monoisotopic (exact) mass is 295 g/mol. The summed E-state index contributed by atoms with van der Waals surface area (Å²) in [5, 5.41) is 3.02. The summed E-state index contributed by atoms with van der Waals surface area (Å²) < 4.78 is 5.54. The number of furan rings is 1. The number of hydrogen-bond acceptors (Lipinski definition) is 3. The van der Waals surface area contributed by atoms with Gasteiger partial charge in [-0.1, -0.05) is 6.92 Å². The third-order valence-corrected chi connectivity index (χ3v) is 3.99. The van der Waals surface area contributed by atoms with E-state index in [4.69, 9.17) is 4.42 Å². The standard InChI is InChI=1S/C16H29N3O2/c1-7-18(6)16(4,5)12-17-15(20)19(8-2)11-14-10-9-13(3)21-14/h9-10H,7-8,11-12H2,1-6H3,(H,17,20). The molecule has 0 unspecified atom stereocenters. The van der Waals surface area contributed by atoms with Crippen LogP contribution in [0.5, 0.6) is 0 Å². The van der Waals surface area contributed by atoms with E-state index < -0.39 is 0 Å². The number of aryl methyl sites for hydroxylation is 1. The summed E-state index contributed by atoms with van der Waals surface area (Å²) in [7, 11) is 2.06. The Labute approximate surface area is 128 Å². The van der Waals surface area contributed by atoms with Gasteiger partial charge < -0.3 is 14.6 Å². The van der Waals surface area contributed by atoms with E-state index >= 15 is 0 Å². The molecule has 5 heteroatoms. The van der Waals surface area contributed by atoms with E-state index in [1.165, 1.54) is 0 Å². The fourth-order valence-electron chi connectivity index (χ4n) is 2.05. The van der Waals surface area contributed by atoms with Gasteiger partial charge in [0.25, 0.3) is 0 Å². The van der Waals surface area contributed by atoms with Crippen molar-refractivity contribution in [3.63, 3.8) is 0 Å². The molecular weight excluding hydrogens is 266 g/mol. The van der Waals surface area contributed by atoms with Gasteiger partial charge in [-0.2, -0.15) is 0 Å². The molecule has 1 heterocycles. The zero-order valence-electron chi connectivity index (χ0n) is 14.2. The highest BCUT2D eigenvalue weighted by Crippen LogP contribution is 2.12. The maximum atomic E-state index is 12.3. The maximum absolute atomic E-state index is 12.3. The number of carbonyl (C=O) groups excluding carboxylic acids is 1. The molecule has 0 aliphatic heterocycles. The molecule has 0 aliphatic carbocycles. The highest BCUT2D eigenvalue weighted by molar-refractivity contribution is 5.74. The maximum Gasteiger partial charge on any atom is 0.317 e. The van der Waals surface area contributed by atoms with Crippen LogP contribution < -0.4 is 5.32 Å². The number of nitrogens with one attached hydrogen (secondary N) is 1. The van der Waals surface area contributed by atoms with E-state index in [1.807, 2.05) is 26.0 Å². The van der Waals surface area contributed by atoms with Crippen LogP contribution in [0.3, 0.4) is 0 Å². The molecule has 0 spiro atoms. The first kappa shape index (κ1) is 17.6. The zero-order chi connectivity index (χ0) is 16.0. The number of amides is 2. The Balaban J connectivity index is 2.55. The average molecular weight is 295 g/mol. The minimum Gasteiger partial charge on any atom is -0.464 e. The van der Waals surface area contributed by atoms with Gasteiger partial charge in [-0.15, -0.1) is 0 Å². The third kappa shape index (κ3) is 5.08. The molecule has 5 nitrogen and oxygen atoms in total. The van der Waals surface area contributed by atoms with Crippen LogP contribution in [0, 0.1) is 6.92 Å². The van der Waals surface area contributed by atoms with Crippen LogP contribution in [-0.4, -0.2) is 48.1 Å². The third-order valence-electron chi connectivity index (χ3n) is 3.99. The van der Waals surface area contributed by atoms with Crippen molar-refractivity contribution < 1.29 is 9.21 Å². The Bertz CT molecular complexity index is 454. The summed E-state index contributed by atoms with van der Waals surface area (Å²) in [6.45, 7) is 13.0. The van der Waals surface area contributed by atoms with Gasteiger partial charge in [-0.3, -0.25) is 4.90 Å². The fourth-order valence-corrected chi connectivity index (χ4v) is 2.05. The number of likely N-dealkylation sites (N-methyl/N-ethyl adjacent to an activating group) is 1. The summed E-state index contributed by atoms with van der Waals surface area (Å²) in [6.07, 6.45) is 0. The average Bonchev–Trinajstić information content (AvgIpc) is 2.86. The molecule has 0 aliphatic rings. The summed E-state index contributed by atoms with van der Waals surface area (Å²) in [4.78, 5) is 16.3. The number of carbonyl (C=O) groups is 1. The highest BCUT2D eigenvalue weighted by Gasteiger charge is 2.24. The Morgan fingerprint density at radius 2 is 1.95 bits per heavy atom. The summed E-state index contributed by atoms with van der Waals surface area (Å²) in [6, 6.07) is 3.78. The van der Waals surface area contributed by atoms with Crippen LogP contribution >= 0.6 is 0 Å². The fraction of sp³-hybridized carbons (Fsp3) is 0.688. The van der Waals surface area contributed by atoms with Crippen molar-refractivity contribution in [2.24, 2.45) is 0 Å². The van der Waals surface area contributed by atoms with Gasteiger partial charge in [0.1, 0.15) is 11.5 Å². The van der Waals surface area contributed by atoms with E-state index in [-0.39, 0.29) is 11.6 Å². The lowest BCUT2D eigenvalue weighted by Gasteiger charge is -2.35. The molecular formula is C16H29N3O2. The lowest BCUT2D eigenvalue weighted by molar-refractivity contribution is 0.151. The molecule has 1 rings (SSSR count). The number of urea groups is 1. The lowest BCUT2D eigenvalue weighted by Crippen LogP contribution is -2.52. The van der Waals surface area contributed by atoms with E-state index in [2.05, 4.69) is 38.0 Å². The van der Waals surface area contributed by atoms with E-state index in [0.29, 0.717) is 19.6 Å². The molecule has 0 aromatic carbocycles. The Kier molecular flexibility index (Phi) is 6.27. The van der Waals surface area contributed by atoms with Gasteiger partial charge in [0, 0.05) is 18.6 Å². The van der Waals surface area contributed by atoms with Gasteiger partial charge >= 0.3 is 6.03 Å². The summed E-state index contributed by atoms with van der Waals surface area (Å²) >= 11 is 0. The largest absolute Gasteiger partial charge is 0.464 e. The summed E-state index contributed by atoms with van der Waals surface area (Å²) in [5.41, 5.74) is -0.0644. The van der Waals surface area contributed by atoms with Crippen LogP contribution in [0.15, 0.2) is 16.5 Å². The quantitative estimate of drug-likeness (QED) is 0.841.